The molecule has 1 aliphatic heterocycles. The van der Waals surface area contributed by atoms with Gasteiger partial charge in [-0.2, -0.15) is 0 Å². The largest absolute Gasteiger partial charge is 0.322 e. The quantitative estimate of drug-likeness (QED) is 0.436. The van der Waals surface area contributed by atoms with Gasteiger partial charge in [0.2, 0.25) is 0 Å². The number of piperazine rings is 1. The van der Waals surface area contributed by atoms with Gasteiger partial charge in [-0.15, -0.1) is 6.42 Å². The topological polar surface area (TPSA) is 36.4 Å². The second kappa shape index (κ2) is 9.28. The van der Waals surface area contributed by atoms with Gasteiger partial charge in [0.15, 0.2) is 0 Å². The number of hydrogen-bond donors (Lipinski definition) is 0. The number of fused-ring (bicyclic) bond motifs is 1. The maximum atomic E-state index is 13.6. The van der Waals surface area contributed by atoms with Crippen LogP contribution in [0, 0.1) is 12.3 Å². The monoisotopic (exact) mass is 431 g/mol. The molecular weight excluding hydrogens is 406 g/mol. The van der Waals surface area contributed by atoms with Crippen LogP contribution in [0.1, 0.15) is 27.5 Å². The van der Waals surface area contributed by atoms with Crippen LogP contribution in [0.15, 0.2) is 97.3 Å². The van der Waals surface area contributed by atoms with Crippen molar-refractivity contribution >= 4 is 16.7 Å². The molecule has 5 rings (SSSR count). The number of nitrogens with zero attached hydrogens (tertiary/aromatic N) is 3. The number of aromatic nitrogens is 1. The Morgan fingerprint density at radius 1 is 0.879 bits per heavy atom. The molecule has 2 heterocycles. The molecule has 1 amide bonds. The predicted molar refractivity (Wildman–Crippen MR) is 132 cm³/mol. The van der Waals surface area contributed by atoms with E-state index in [0.29, 0.717) is 18.7 Å². The van der Waals surface area contributed by atoms with E-state index >= 15 is 0 Å². The molecule has 4 heteroatoms. The molecular formula is C29H25N3O. The van der Waals surface area contributed by atoms with E-state index < -0.39 is 0 Å². The molecule has 0 spiro atoms. The van der Waals surface area contributed by atoms with Crippen LogP contribution in [0.25, 0.3) is 10.8 Å². The number of carbonyl (C=O) groups is 1. The molecule has 1 atom stereocenters. The summed E-state index contributed by atoms with van der Waals surface area (Å²) in [6.07, 6.45) is 9.41. The minimum atomic E-state index is -0.319. The SMILES string of the molecule is C#CC1CN(C(c2ccccc2)c2ccccc2)CCN1C(=O)c1cncc2ccccc12. The first-order valence-electron chi connectivity index (χ1n) is 11.2. The van der Waals surface area contributed by atoms with Gasteiger partial charge in [-0.25, -0.2) is 0 Å². The Morgan fingerprint density at radius 2 is 1.52 bits per heavy atom. The molecule has 1 aromatic heterocycles. The maximum Gasteiger partial charge on any atom is 0.257 e. The van der Waals surface area contributed by atoms with Crippen molar-refractivity contribution in [3.63, 3.8) is 0 Å². The van der Waals surface area contributed by atoms with Gasteiger partial charge in [0, 0.05) is 37.4 Å². The predicted octanol–water partition coefficient (Wildman–Crippen LogP) is 4.78. The lowest BCUT2D eigenvalue weighted by atomic mass is 9.95. The van der Waals surface area contributed by atoms with E-state index in [-0.39, 0.29) is 18.0 Å². The zero-order valence-corrected chi connectivity index (χ0v) is 18.3. The summed E-state index contributed by atoms with van der Waals surface area (Å²) in [7, 11) is 0. The lowest BCUT2D eigenvalue weighted by Gasteiger charge is -2.43. The molecule has 0 radical (unpaired) electrons. The Labute approximate surface area is 194 Å². The summed E-state index contributed by atoms with van der Waals surface area (Å²) in [5.41, 5.74) is 3.04. The average Bonchev–Trinajstić information content (AvgIpc) is 2.89. The molecule has 162 valence electrons. The number of amides is 1. The standard InChI is InChI=1S/C29H25N3O/c1-2-25-21-31(28(22-11-5-3-6-12-22)23-13-7-4-8-14-23)17-18-32(25)29(33)27-20-30-19-24-15-9-10-16-26(24)27/h1,3-16,19-20,25,28H,17-18,21H2. The van der Waals surface area contributed by atoms with E-state index in [9.17, 15) is 4.79 Å². The van der Waals surface area contributed by atoms with E-state index in [1.54, 1.807) is 12.4 Å². The molecule has 1 aliphatic rings. The van der Waals surface area contributed by atoms with Gasteiger partial charge in [-0.05, 0) is 16.5 Å². The van der Waals surface area contributed by atoms with Crippen molar-refractivity contribution in [3.05, 3.63) is 114 Å². The van der Waals surface area contributed by atoms with Gasteiger partial charge in [0.25, 0.3) is 5.91 Å². The second-order valence-electron chi connectivity index (χ2n) is 8.31. The van der Waals surface area contributed by atoms with Gasteiger partial charge >= 0.3 is 0 Å². The second-order valence-corrected chi connectivity index (χ2v) is 8.31. The van der Waals surface area contributed by atoms with Crippen molar-refractivity contribution in [2.45, 2.75) is 12.1 Å². The summed E-state index contributed by atoms with van der Waals surface area (Å²) < 4.78 is 0. The molecule has 1 unspecified atom stereocenters. The lowest BCUT2D eigenvalue weighted by Crippen LogP contribution is -2.55. The molecule has 4 aromatic rings. The van der Waals surface area contributed by atoms with E-state index in [1.165, 1.54) is 11.1 Å². The van der Waals surface area contributed by atoms with Crippen molar-refractivity contribution < 1.29 is 4.79 Å². The van der Waals surface area contributed by atoms with Crippen LogP contribution in [0.3, 0.4) is 0 Å². The summed E-state index contributed by atoms with van der Waals surface area (Å²) in [6, 6.07) is 28.5. The number of terminal acetylenes is 1. The minimum absolute atomic E-state index is 0.0575. The Hall–Kier alpha value is -3.94. The summed E-state index contributed by atoms with van der Waals surface area (Å²) in [6.45, 7) is 1.90. The molecule has 1 saturated heterocycles. The third kappa shape index (κ3) is 4.11. The van der Waals surface area contributed by atoms with Crippen molar-refractivity contribution in [1.29, 1.82) is 0 Å². The van der Waals surface area contributed by atoms with Crippen molar-refractivity contribution in [1.82, 2.24) is 14.8 Å². The Balaban J connectivity index is 1.45. The first-order valence-corrected chi connectivity index (χ1v) is 11.2. The fraction of sp³-hybridized carbons (Fsp3) is 0.172. The molecule has 3 aromatic carbocycles. The maximum absolute atomic E-state index is 13.6. The minimum Gasteiger partial charge on any atom is -0.322 e. The van der Waals surface area contributed by atoms with Crippen molar-refractivity contribution in [3.8, 4) is 12.3 Å². The number of hydrogen-bond acceptors (Lipinski definition) is 3. The molecule has 0 N–H and O–H groups in total. The number of carbonyl (C=O) groups excluding carboxylic acids is 1. The highest BCUT2D eigenvalue weighted by molar-refractivity contribution is 6.06. The average molecular weight is 432 g/mol. The highest BCUT2D eigenvalue weighted by Crippen LogP contribution is 2.31. The van der Waals surface area contributed by atoms with Crippen molar-refractivity contribution in [2.75, 3.05) is 19.6 Å². The fourth-order valence-electron chi connectivity index (χ4n) is 4.75. The van der Waals surface area contributed by atoms with E-state index in [2.05, 4.69) is 64.3 Å². The summed E-state index contributed by atoms with van der Waals surface area (Å²) in [4.78, 5) is 22.1. The molecule has 0 saturated carbocycles. The molecule has 1 fully saturated rings. The molecule has 0 aliphatic carbocycles. The first kappa shape index (κ1) is 20.9. The zero-order valence-electron chi connectivity index (χ0n) is 18.3. The van der Waals surface area contributed by atoms with Gasteiger partial charge < -0.3 is 4.90 Å². The fourth-order valence-corrected chi connectivity index (χ4v) is 4.75. The van der Waals surface area contributed by atoms with Crippen LogP contribution in [0.4, 0.5) is 0 Å². The molecule has 33 heavy (non-hydrogen) atoms. The third-order valence-electron chi connectivity index (χ3n) is 6.36. The molecule has 0 bridgehead atoms. The number of benzene rings is 3. The Bertz CT molecular complexity index is 1250. The van der Waals surface area contributed by atoms with Crippen LogP contribution < -0.4 is 0 Å². The van der Waals surface area contributed by atoms with Gasteiger partial charge in [-0.1, -0.05) is 90.8 Å². The first-order chi connectivity index (χ1) is 16.3. The van der Waals surface area contributed by atoms with Gasteiger partial charge in [-0.3, -0.25) is 14.7 Å². The Kier molecular flexibility index (Phi) is 5.89. The van der Waals surface area contributed by atoms with Crippen LogP contribution in [0.5, 0.6) is 0 Å². The number of pyridine rings is 1. The van der Waals surface area contributed by atoms with Crippen LogP contribution in [0.2, 0.25) is 0 Å². The Morgan fingerprint density at radius 3 is 2.18 bits per heavy atom. The lowest BCUT2D eigenvalue weighted by molar-refractivity contribution is 0.0499. The molecule has 4 nitrogen and oxygen atoms in total. The summed E-state index contributed by atoms with van der Waals surface area (Å²) >= 11 is 0. The van der Waals surface area contributed by atoms with Gasteiger partial charge in [0.1, 0.15) is 6.04 Å². The normalized spacial score (nSPS) is 16.6. The van der Waals surface area contributed by atoms with Crippen LogP contribution in [-0.4, -0.2) is 46.4 Å². The van der Waals surface area contributed by atoms with E-state index in [0.717, 1.165) is 17.3 Å². The highest BCUT2D eigenvalue weighted by Gasteiger charge is 2.34. The summed E-state index contributed by atoms with van der Waals surface area (Å²) in [5.74, 6) is 2.83. The third-order valence-corrected chi connectivity index (χ3v) is 6.36. The smallest absolute Gasteiger partial charge is 0.257 e. The summed E-state index contributed by atoms with van der Waals surface area (Å²) in [5, 5.41) is 1.86. The van der Waals surface area contributed by atoms with Crippen LogP contribution in [-0.2, 0) is 0 Å². The van der Waals surface area contributed by atoms with Crippen LogP contribution >= 0.6 is 0 Å². The highest BCUT2D eigenvalue weighted by atomic mass is 16.2. The number of rotatable bonds is 4. The van der Waals surface area contributed by atoms with E-state index in [4.69, 9.17) is 6.42 Å². The van der Waals surface area contributed by atoms with E-state index in [1.807, 2.05) is 41.3 Å². The van der Waals surface area contributed by atoms with Crippen molar-refractivity contribution in [2.24, 2.45) is 0 Å². The van der Waals surface area contributed by atoms with Gasteiger partial charge in [0.05, 0.1) is 11.6 Å². The zero-order chi connectivity index (χ0) is 22.6.